The standard InChI is InChI=1S/C26H29N5O2/c1-4-30(5-2)19-13-9-17(10-14-19)24-23-21(7-6-8-22(23)32)27-26-28-25(29-31(24)26)18-11-15-20(33-3)16-12-18/h9-16,24H,4-8H2,1-3H3,(H,27,28,29). The highest BCUT2D eigenvalue weighted by Gasteiger charge is 2.36. The number of ether oxygens (including phenoxy) is 1. The van der Waals surface area contributed by atoms with Crippen molar-refractivity contribution in [2.75, 3.05) is 30.4 Å². The van der Waals surface area contributed by atoms with Gasteiger partial charge in [0.2, 0.25) is 5.95 Å². The second-order valence-corrected chi connectivity index (χ2v) is 8.39. The number of Topliss-reactive ketones (excluding diaryl/α,β-unsaturated/α-hetero) is 1. The first-order valence-electron chi connectivity index (χ1n) is 11.6. The van der Waals surface area contributed by atoms with Gasteiger partial charge in [-0.05, 0) is 68.7 Å². The number of carbonyl (C=O) groups excluding carboxylic acids is 1. The van der Waals surface area contributed by atoms with Crippen molar-refractivity contribution in [1.29, 1.82) is 0 Å². The van der Waals surface area contributed by atoms with Crippen LogP contribution in [-0.2, 0) is 4.79 Å². The fourth-order valence-corrected chi connectivity index (χ4v) is 4.78. The van der Waals surface area contributed by atoms with Gasteiger partial charge in [0.25, 0.3) is 0 Å². The fraction of sp³-hybridized carbons (Fsp3) is 0.346. The molecule has 7 heteroatoms. The van der Waals surface area contributed by atoms with E-state index in [1.54, 1.807) is 7.11 Å². The van der Waals surface area contributed by atoms with Crippen LogP contribution in [0.4, 0.5) is 11.6 Å². The molecule has 1 aromatic heterocycles. The topological polar surface area (TPSA) is 72.3 Å². The summed E-state index contributed by atoms with van der Waals surface area (Å²) in [6.45, 7) is 6.22. The van der Waals surface area contributed by atoms with E-state index in [1.165, 1.54) is 5.69 Å². The number of nitrogens with zero attached hydrogens (tertiary/aromatic N) is 4. The Morgan fingerprint density at radius 1 is 1.06 bits per heavy atom. The lowest BCUT2D eigenvalue weighted by Crippen LogP contribution is -2.31. The van der Waals surface area contributed by atoms with Crippen molar-refractivity contribution in [3.05, 3.63) is 65.4 Å². The van der Waals surface area contributed by atoms with Gasteiger partial charge in [-0.1, -0.05) is 12.1 Å². The normalized spacial score (nSPS) is 17.3. The second kappa shape index (κ2) is 8.73. The van der Waals surface area contributed by atoms with Crippen LogP contribution in [0.15, 0.2) is 59.8 Å². The number of rotatable bonds is 6. The molecule has 0 amide bonds. The Morgan fingerprint density at radius 3 is 2.45 bits per heavy atom. The lowest BCUT2D eigenvalue weighted by molar-refractivity contribution is -0.116. The molecule has 170 valence electrons. The van der Waals surface area contributed by atoms with E-state index >= 15 is 0 Å². The average Bonchev–Trinajstić information content (AvgIpc) is 3.28. The molecule has 1 unspecified atom stereocenters. The number of hydrogen-bond acceptors (Lipinski definition) is 6. The molecule has 2 heterocycles. The van der Waals surface area contributed by atoms with E-state index in [0.29, 0.717) is 18.2 Å². The number of nitrogens with one attached hydrogen (secondary N) is 1. The summed E-state index contributed by atoms with van der Waals surface area (Å²) in [6, 6.07) is 15.9. The van der Waals surface area contributed by atoms with Crippen LogP contribution in [0.5, 0.6) is 5.75 Å². The molecule has 3 aromatic rings. The van der Waals surface area contributed by atoms with Crippen LogP contribution in [0, 0.1) is 0 Å². The number of hydrogen-bond donors (Lipinski definition) is 1. The van der Waals surface area contributed by atoms with Crippen LogP contribution in [0.1, 0.15) is 44.7 Å². The van der Waals surface area contributed by atoms with Crippen LogP contribution >= 0.6 is 0 Å². The molecule has 1 N–H and O–H groups in total. The fourth-order valence-electron chi connectivity index (χ4n) is 4.78. The summed E-state index contributed by atoms with van der Waals surface area (Å²) in [5.74, 6) is 2.27. The predicted octanol–water partition coefficient (Wildman–Crippen LogP) is 4.82. The van der Waals surface area contributed by atoms with Gasteiger partial charge in [-0.25, -0.2) is 4.68 Å². The van der Waals surface area contributed by atoms with Crippen molar-refractivity contribution in [2.24, 2.45) is 0 Å². The van der Waals surface area contributed by atoms with Crippen molar-refractivity contribution in [1.82, 2.24) is 14.8 Å². The van der Waals surface area contributed by atoms with E-state index in [9.17, 15) is 4.79 Å². The molecule has 1 atom stereocenters. The SMILES string of the molecule is CCN(CC)c1ccc(C2C3=C(CCCC3=O)Nc3nc(-c4ccc(OC)cc4)nn32)cc1. The average molecular weight is 444 g/mol. The number of ketones is 1. The number of carbonyl (C=O) groups is 1. The number of fused-ring (bicyclic) bond motifs is 1. The number of methoxy groups -OCH3 is 1. The first-order chi connectivity index (χ1) is 16.1. The minimum Gasteiger partial charge on any atom is -0.497 e. The molecule has 0 saturated heterocycles. The minimum absolute atomic E-state index is 0.189. The van der Waals surface area contributed by atoms with E-state index in [2.05, 4.69) is 48.3 Å². The molecular formula is C26H29N5O2. The van der Waals surface area contributed by atoms with Gasteiger partial charge >= 0.3 is 0 Å². The van der Waals surface area contributed by atoms with Crippen LogP contribution in [0.3, 0.4) is 0 Å². The smallest absolute Gasteiger partial charge is 0.226 e. The first-order valence-corrected chi connectivity index (χ1v) is 11.6. The van der Waals surface area contributed by atoms with Crippen molar-refractivity contribution in [2.45, 2.75) is 39.2 Å². The van der Waals surface area contributed by atoms with Crippen molar-refractivity contribution < 1.29 is 9.53 Å². The predicted molar refractivity (Wildman–Crippen MR) is 130 cm³/mol. The van der Waals surface area contributed by atoms with Crippen LogP contribution in [0.2, 0.25) is 0 Å². The lowest BCUT2D eigenvalue weighted by Gasteiger charge is -2.32. The van der Waals surface area contributed by atoms with Crippen molar-refractivity contribution in [3.8, 4) is 17.1 Å². The van der Waals surface area contributed by atoms with Gasteiger partial charge < -0.3 is 15.0 Å². The molecule has 1 aliphatic heterocycles. The molecule has 1 aliphatic carbocycles. The first kappa shape index (κ1) is 21.2. The zero-order chi connectivity index (χ0) is 22.9. The third kappa shape index (κ3) is 3.77. The quantitative estimate of drug-likeness (QED) is 0.589. The Balaban J connectivity index is 1.58. The Kier molecular flexibility index (Phi) is 5.62. The molecule has 0 bridgehead atoms. The van der Waals surface area contributed by atoms with Crippen LogP contribution < -0.4 is 15.0 Å². The number of aromatic nitrogens is 3. The van der Waals surface area contributed by atoms with E-state index in [1.807, 2.05) is 28.9 Å². The van der Waals surface area contributed by atoms with Gasteiger partial charge in [0.05, 0.1) is 7.11 Å². The Labute approximate surface area is 194 Å². The monoisotopic (exact) mass is 443 g/mol. The molecule has 0 fully saturated rings. The Hall–Kier alpha value is -3.61. The van der Waals surface area contributed by atoms with Crippen molar-refractivity contribution in [3.63, 3.8) is 0 Å². The van der Waals surface area contributed by atoms with E-state index in [4.69, 9.17) is 14.8 Å². The zero-order valence-electron chi connectivity index (χ0n) is 19.3. The maximum Gasteiger partial charge on any atom is 0.226 e. The number of anilines is 2. The van der Waals surface area contributed by atoms with Crippen molar-refractivity contribution >= 4 is 17.4 Å². The van der Waals surface area contributed by atoms with Gasteiger partial charge in [0.15, 0.2) is 11.6 Å². The summed E-state index contributed by atoms with van der Waals surface area (Å²) < 4.78 is 7.14. The second-order valence-electron chi connectivity index (χ2n) is 8.39. The summed E-state index contributed by atoms with van der Waals surface area (Å²) in [7, 11) is 1.65. The Morgan fingerprint density at radius 2 is 1.79 bits per heavy atom. The number of allylic oxidation sites excluding steroid dienone is 2. The molecule has 0 radical (unpaired) electrons. The summed E-state index contributed by atoms with van der Waals surface area (Å²) in [6.07, 6.45) is 2.28. The van der Waals surface area contributed by atoms with Gasteiger partial charge in [0, 0.05) is 42.0 Å². The molecule has 33 heavy (non-hydrogen) atoms. The van der Waals surface area contributed by atoms with Gasteiger partial charge in [-0.15, -0.1) is 5.10 Å². The molecule has 2 aliphatic rings. The summed E-state index contributed by atoms with van der Waals surface area (Å²) in [4.78, 5) is 20.2. The maximum atomic E-state index is 13.1. The molecule has 7 nitrogen and oxygen atoms in total. The largest absolute Gasteiger partial charge is 0.497 e. The van der Waals surface area contributed by atoms with Crippen LogP contribution in [-0.4, -0.2) is 40.7 Å². The third-order valence-corrected chi connectivity index (χ3v) is 6.55. The van der Waals surface area contributed by atoms with Gasteiger partial charge in [-0.3, -0.25) is 4.79 Å². The highest BCUT2D eigenvalue weighted by atomic mass is 16.5. The van der Waals surface area contributed by atoms with Gasteiger partial charge in [-0.2, -0.15) is 4.98 Å². The lowest BCUT2D eigenvalue weighted by atomic mass is 9.85. The molecular weight excluding hydrogens is 414 g/mol. The summed E-state index contributed by atoms with van der Waals surface area (Å²) in [5.41, 5.74) is 4.92. The van der Waals surface area contributed by atoms with Gasteiger partial charge in [0.1, 0.15) is 11.8 Å². The highest BCUT2D eigenvalue weighted by Crippen LogP contribution is 2.41. The van der Waals surface area contributed by atoms with E-state index in [0.717, 1.165) is 54.1 Å². The Bertz CT molecular complexity index is 1190. The molecule has 0 spiro atoms. The minimum atomic E-state index is -0.283. The zero-order valence-corrected chi connectivity index (χ0v) is 19.3. The maximum absolute atomic E-state index is 13.1. The molecule has 2 aromatic carbocycles. The molecule has 5 rings (SSSR count). The highest BCUT2D eigenvalue weighted by molar-refractivity contribution is 5.99. The third-order valence-electron chi connectivity index (χ3n) is 6.55. The summed E-state index contributed by atoms with van der Waals surface area (Å²) in [5, 5.41) is 8.26. The van der Waals surface area contributed by atoms with Crippen LogP contribution in [0.25, 0.3) is 11.4 Å². The molecule has 0 saturated carbocycles. The number of benzene rings is 2. The van der Waals surface area contributed by atoms with E-state index < -0.39 is 0 Å². The van der Waals surface area contributed by atoms with E-state index in [-0.39, 0.29) is 11.8 Å². The summed E-state index contributed by atoms with van der Waals surface area (Å²) >= 11 is 0.